The molecule has 152 valence electrons. The molecular weight excluding hydrogens is 360 g/mol. The molecule has 0 radical (unpaired) electrons. The molecule has 1 atom stereocenters. The van der Waals surface area contributed by atoms with Gasteiger partial charge in [0.05, 0.1) is 11.0 Å². The molecule has 0 N–H and O–H groups in total. The van der Waals surface area contributed by atoms with Crippen LogP contribution >= 0.6 is 0 Å². The van der Waals surface area contributed by atoms with Crippen molar-refractivity contribution in [3.63, 3.8) is 0 Å². The maximum absolute atomic E-state index is 12.5. The van der Waals surface area contributed by atoms with Crippen molar-refractivity contribution in [2.24, 2.45) is 11.8 Å². The molecule has 1 fully saturated rings. The van der Waals surface area contributed by atoms with E-state index in [4.69, 9.17) is 9.47 Å². The SMILES string of the molecule is CCCC(C)S(=O)(=O)CC1CCC(CCc2ccc3c(c2)OCCO3)CC1. The second-order valence-corrected chi connectivity index (χ2v) is 10.8. The second kappa shape index (κ2) is 9.31. The Morgan fingerprint density at radius 2 is 1.70 bits per heavy atom. The fourth-order valence-electron chi connectivity index (χ4n) is 4.38. The van der Waals surface area contributed by atoms with Gasteiger partial charge in [-0.1, -0.05) is 32.3 Å². The van der Waals surface area contributed by atoms with Crippen molar-refractivity contribution < 1.29 is 17.9 Å². The monoisotopic (exact) mass is 394 g/mol. The first-order valence-corrected chi connectivity index (χ1v) is 12.3. The van der Waals surface area contributed by atoms with E-state index in [-0.39, 0.29) is 5.25 Å². The molecule has 5 heteroatoms. The molecule has 4 nitrogen and oxygen atoms in total. The molecule has 27 heavy (non-hydrogen) atoms. The maximum Gasteiger partial charge on any atom is 0.161 e. The highest BCUT2D eigenvalue weighted by Crippen LogP contribution is 2.35. The summed E-state index contributed by atoms with van der Waals surface area (Å²) in [5.74, 6) is 3.19. The lowest BCUT2D eigenvalue weighted by Crippen LogP contribution is -2.28. The standard InChI is InChI=1S/C22H34O4S/c1-3-4-17(2)27(23,24)16-20-9-6-18(7-10-20)5-8-19-11-12-21-22(15-19)26-14-13-25-21/h11-12,15,17-18,20H,3-10,13-14,16H2,1-2H3. The molecule has 0 bridgehead atoms. The highest BCUT2D eigenvalue weighted by Gasteiger charge is 2.28. The summed E-state index contributed by atoms with van der Waals surface area (Å²) in [6.45, 7) is 5.18. The van der Waals surface area contributed by atoms with Gasteiger partial charge in [0.15, 0.2) is 21.3 Å². The van der Waals surface area contributed by atoms with E-state index in [9.17, 15) is 8.42 Å². The van der Waals surface area contributed by atoms with Crippen molar-refractivity contribution >= 4 is 9.84 Å². The normalized spacial score (nSPS) is 23.8. The van der Waals surface area contributed by atoms with Crippen LogP contribution in [0.2, 0.25) is 0 Å². The zero-order valence-corrected chi connectivity index (χ0v) is 17.6. The third-order valence-corrected chi connectivity index (χ3v) is 8.59. The van der Waals surface area contributed by atoms with Gasteiger partial charge in [-0.2, -0.15) is 0 Å². The van der Waals surface area contributed by atoms with Crippen molar-refractivity contribution in [2.45, 2.75) is 70.5 Å². The lowest BCUT2D eigenvalue weighted by atomic mass is 9.80. The number of rotatable bonds is 8. The molecule has 1 aromatic carbocycles. The molecule has 1 aliphatic heterocycles. The van der Waals surface area contributed by atoms with Gasteiger partial charge in [0.1, 0.15) is 13.2 Å². The second-order valence-electron chi connectivity index (χ2n) is 8.33. The Morgan fingerprint density at radius 3 is 2.41 bits per heavy atom. The average Bonchev–Trinajstić information content (AvgIpc) is 2.67. The van der Waals surface area contributed by atoms with Crippen LogP contribution in [0.3, 0.4) is 0 Å². The topological polar surface area (TPSA) is 52.6 Å². The highest BCUT2D eigenvalue weighted by molar-refractivity contribution is 7.92. The van der Waals surface area contributed by atoms with Crippen LogP contribution in [0.4, 0.5) is 0 Å². The van der Waals surface area contributed by atoms with E-state index < -0.39 is 9.84 Å². The number of hydrogen-bond acceptors (Lipinski definition) is 4. The average molecular weight is 395 g/mol. The van der Waals surface area contributed by atoms with Crippen molar-refractivity contribution in [3.8, 4) is 11.5 Å². The molecule has 1 heterocycles. The summed E-state index contributed by atoms with van der Waals surface area (Å²) in [6, 6.07) is 6.27. The maximum atomic E-state index is 12.5. The third kappa shape index (κ3) is 5.63. The lowest BCUT2D eigenvalue weighted by molar-refractivity contribution is 0.171. The molecule has 0 amide bonds. The Bertz CT molecular complexity index is 705. The van der Waals surface area contributed by atoms with Gasteiger partial charge >= 0.3 is 0 Å². The number of ether oxygens (including phenoxy) is 2. The first kappa shape index (κ1) is 20.5. The Labute approximate surface area is 164 Å². The van der Waals surface area contributed by atoms with Crippen molar-refractivity contribution in [1.29, 1.82) is 0 Å². The molecular formula is C22H34O4S. The molecule has 0 spiro atoms. The van der Waals surface area contributed by atoms with Crippen molar-refractivity contribution in [2.75, 3.05) is 19.0 Å². The van der Waals surface area contributed by atoms with Gasteiger partial charge in [0.25, 0.3) is 0 Å². The molecule has 1 unspecified atom stereocenters. The van der Waals surface area contributed by atoms with Gasteiger partial charge in [0, 0.05) is 0 Å². The minimum atomic E-state index is -2.93. The summed E-state index contributed by atoms with van der Waals surface area (Å²) in [5.41, 5.74) is 1.30. The molecule has 0 aromatic heterocycles. The molecule has 1 saturated carbocycles. The van der Waals surface area contributed by atoms with E-state index in [0.717, 1.165) is 56.4 Å². The number of hydrogen-bond donors (Lipinski definition) is 0. The largest absolute Gasteiger partial charge is 0.486 e. The predicted molar refractivity (Wildman–Crippen MR) is 109 cm³/mol. The fraction of sp³-hybridized carbons (Fsp3) is 0.727. The summed E-state index contributed by atoms with van der Waals surface area (Å²) in [6.07, 6.45) is 8.39. The van der Waals surface area contributed by atoms with Gasteiger partial charge in [-0.3, -0.25) is 0 Å². The lowest BCUT2D eigenvalue weighted by Gasteiger charge is -2.29. The molecule has 0 saturated heterocycles. The first-order chi connectivity index (χ1) is 13.0. The van der Waals surface area contributed by atoms with Crippen LogP contribution in [0, 0.1) is 11.8 Å². The molecule has 1 aliphatic carbocycles. The molecule has 3 rings (SSSR count). The minimum absolute atomic E-state index is 0.185. The van der Waals surface area contributed by atoms with Crippen molar-refractivity contribution in [3.05, 3.63) is 23.8 Å². The van der Waals surface area contributed by atoms with Crippen LogP contribution in [-0.2, 0) is 16.3 Å². The van der Waals surface area contributed by atoms with E-state index in [1.54, 1.807) is 0 Å². The van der Waals surface area contributed by atoms with E-state index in [0.29, 0.717) is 30.8 Å². The van der Waals surface area contributed by atoms with Gasteiger partial charge in [0.2, 0.25) is 0 Å². The quantitative estimate of drug-likeness (QED) is 0.635. The number of aryl methyl sites for hydroxylation is 1. The van der Waals surface area contributed by atoms with E-state index in [2.05, 4.69) is 19.1 Å². The molecule has 1 aromatic rings. The van der Waals surface area contributed by atoms with Gasteiger partial charge < -0.3 is 9.47 Å². The van der Waals surface area contributed by atoms with Crippen LogP contribution < -0.4 is 9.47 Å². The van der Waals surface area contributed by atoms with Crippen molar-refractivity contribution in [1.82, 2.24) is 0 Å². The Hall–Kier alpha value is -1.23. The Balaban J connectivity index is 1.43. The Morgan fingerprint density at radius 1 is 1.04 bits per heavy atom. The zero-order valence-electron chi connectivity index (χ0n) is 16.8. The van der Waals surface area contributed by atoms with Crippen LogP contribution in [0.1, 0.15) is 64.4 Å². The molecule has 2 aliphatic rings. The van der Waals surface area contributed by atoms with Gasteiger partial charge in [-0.25, -0.2) is 8.42 Å². The zero-order chi connectivity index (χ0) is 19.3. The van der Waals surface area contributed by atoms with Crippen LogP contribution in [0.15, 0.2) is 18.2 Å². The highest BCUT2D eigenvalue weighted by atomic mass is 32.2. The van der Waals surface area contributed by atoms with E-state index in [1.165, 1.54) is 12.0 Å². The smallest absolute Gasteiger partial charge is 0.161 e. The predicted octanol–water partition coefficient (Wildman–Crippen LogP) is 4.80. The number of benzene rings is 1. The summed E-state index contributed by atoms with van der Waals surface area (Å²) < 4.78 is 36.2. The number of fused-ring (bicyclic) bond motifs is 1. The van der Waals surface area contributed by atoms with Gasteiger partial charge in [-0.15, -0.1) is 0 Å². The van der Waals surface area contributed by atoms with Crippen LogP contribution in [0.5, 0.6) is 11.5 Å². The third-order valence-electron chi connectivity index (χ3n) is 6.19. The number of sulfone groups is 1. The summed E-state index contributed by atoms with van der Waals surface area (Å²) >= 11 is 0. The van der Waals surface area contributed by atoms with Gasteiger partial charge in [-0.05, 0) is 68.6 Å². The summed E-state index contributed by atoms with van der Waals surface area (Å²) in [5, 5.41) is -0.185. The Kier molecular flexibility index (Phi) is 7.07. The van der Waals surface area contributed by atoms with E-state index >= 15 is 0 Å². The van der Waals surface area contributed by atoms with Crippen LogP contribution in [-0.4, -0.2) is 32.6 Å². The van der Waals surface area contributed by atoms with Crippen LogP contribution in [0.25, 0.3) is 0 Å². The fourth-order valence-corrected chi connectivity index (χ4v) is 6.29. The summed E-state index contributed by atoms with van der Waals surface area (Å²) in [4.78, 5) is 0. The first-order valence-electron chi connectivity index (χ1n) is 10.6. The summed E-state index contributed by atoms with van der Waals surface area (Å²) in [7, 11) is -2.93. The van der Waals surface area contributed by atoms with E-state index in [1.807, 2.05) is 13.0 Å². The minimum Gasteiger partial charge on any atom is -0.486 e.